The molecule has 0 atom stereocenters. The normalized spacial score (nSPS) is 10.6. The Balaban J connectivity index is 2.31. The molecule has 0 saturated heterocycles. The molecule has 0 fully saturated rings. The number of hydrogen-bond donors (Lipinski definition) is 0. The molecule has 0 spiro atoms. The number of rotatable bonds is 6. The van der Waals surface area contributed by atoms with Crippen LogP contribution in [0.4, 0.5) is 0 Å². The number of ether oxygens (including phenoxy) is 1. The molecule has 0 aliphatic rings. The minimum Gasteiger partial charge on any atom is -0.379 e. The standard InChI is InChI=1S/C12H17ClOS/c1-10-3-4-12(11(2)9-10)15-8-7-14-6-5-13/h3-4,9H,5-8H2,1-2H3. The molecule has 1 aromatic carbocycles. The molecule has 0 saturated carbocycles. The Morgan fingerprint density at radius 1 is 1.27 bits per heavy atom. The molecule has 0 bridgehead atoms. The molecular formula is C12H17ClOS. The van der Waals surface area contributed by atoms with Crippen LogP contribution >= 0.6 is 23.4 Å². The van der Waals surface area contributed by atoms with Crippen LogP contribution in [-0.4, -0.2) is 24.8 Å². The monoisotopic (exact) mass is 244 g/mol. The van der Waals surface area contributed by atoms with Gasteiger partial charge in [0, 0.05) is 16.5 Å². The van der Waals surface area contributed by atoms with Crippen molar-refractivity contribution in [1.82, 2.24) is 0 Å². The number of benzene rings is 1. The van der Waals surface area contributed by atoms with Crippen LogP contribution in [0.1, 0.15) is 11.1 Å². The predicted molar refractivity (Wildman–Crippen MR) is 68.2 cm³/mol. The van der Waals surface area contributed by atoms with Gasteiger partial charge in [-0.1, -0.05) is 17.7 Å². The lowest BCUT2D eigenvalue weighted by Gasteiger charge is -2.06. The highest BCUT2D eigenvalue weighted by Gasteiger charge is 1.98. The van der Waals surface area contributed by atoms with Gasteiger partial charge in [0.25, 0.3) is 0 Å². The molecule has 84 valence electrons. The minimum atomic E-state index is 0.578. The largest absolute Gasteiger partial charge is 0.379 e. The first-order chi connectivity index (χ1) is 7.24. The Bertz CT molecular complexity index is 302. The van der Waals surface area contributed by atoms with Crippen LogP contribution in [0.5, 0.6) is 0 Å². The van der Waals surface area contributed by atoms with Gasteiger partial charge in [-0.15, -0.1) is 23.4 Å². The van der Waals surface area contributed by atoms with E-state index in [1.165, 1.54) is 16.0 Å². The van der Waals surface area contributed by atoms with E-state index in [-0.39, 0.29) is 0 Å². The molecule has 0 N–H and O–H groups in total. The number of alkyl halides is 1. The summed E-state index contributed by atoms with van der Waals surface area (Å²) in [6.07, 6.45) is 0. The van der Waals surface area contributed by atoms with Crippen LogP contribution in [0.25, 0.3) is 0 Å². The van der Waals surface area contributed by atoms with Gasteiger partial charge in [0.1, 0.15) is 0 Å². The van der Waals surface area contributed by atoms with Gasteiger partial charge in [0.2, 0.25) is 0 Å². The zero-order chi connectivity index (χ0) is 11.1. The Kier molecular flexibility index (Phi) is 6.15. The number of thioether (sulfide) groups is 1. The maximum atomic E-state index is 5.51. The number of aryl methyl sites for hydroxylation is 2. The van der Waals surface area contributed by atoms with E-state index in [1.54, 1.807) is 0 Å². The number of hydrogen-bond acceptors (Lipinski definition) is 2. The fraction of sp³-hybridized carbons (Fsp3) is 0.500. The minimum absolute atomic E-state index is 0.578. The van der Waals surface area contributed by atoms with Gasteiger partial charge in [-0.3, -0.25) is 0 Å². The Morgan fingerprint density at radius 2 is 2.07 bits per heavy atom. The second kappa shape index (κ2) is 7.15. The summed E-state index contributed by atoms with van der Waals surface area (Å²) in [5.74, 6) is 1.56. The van der Waals surface area contributed by atoms with E-state index < -0.39 is 0 Å². The van der Waals surface area contributed by atoms with Crippen LogP contribution in [0.3, 0.4) is 0 Å². The molecule has 1 aromatic rings. The highest BCUT2D eigenvalue weighted by atomic mass is 35.5. The lowest BCUT2D eigenvalue weighted by molar-refractivity contribution is 0.166. The first-order valence-electron chi connectivity index (χ1n) is 5.08. The zero-order valence-electron chi connectivity index (χ0n) is 9.25. The first-order valence-corrected chi connectivity index (χ1v) is 6.60. The van der Waals surface area contributed by atoms with Crippen LogP contribution in [-0.2, 0) is 4.74 Å². The van der Waals surface area contributed by atoms with Crippen molar-refractivity contribution in [1.29, 1.82) is 0 Å². The van der Waals surface area contributed by atoms with E-state index in [0.717, 1.165) is 12.4 Å². The van der Waals surface area contributed by atoms with Crippen LogP contribution in [0, 0.1) is 13.8 Å². The van der Waals surface area contributed by atoms with Gasteiger partial charge >= 0.3 is 0 Å². The van der Waals surface area contributed by atoms with Gasteiger partial charge in [-0.2, -0.15) is 0 Å². The van der Waals surface area contributed by atoms with Crippen molar-refractivity contribution >= 4 is 23.4 Å². The van der Waals surface area contributed by atoms with Crippen molar-refractivity contribution < 1.29 is 4.74 Å². The first kappa shape index (κ1) is 12.9. The topological polar surface area (TPSA) is 9.23 Å². The highest BCUT2D eigenvalue weighted by Crippen LogP contribution is 2.22. The predicted octanol–water partition coefficient (Wildman–Crippen LogP) is 3.65. The van der Waals surface area contributed by atoms with E-state index >= 15 is 0 Å². The fourth-order valence-corrected chi connectivity index (χ4v) is 2.31. The Hall–Kier alpha value is -0.180. The van der Waals surface area contributed by atoms with Gasteiger partial charge in [0.05, 0.1) is 13.2 Å². The van der Waals surface area contributed by atoms with Crippen LogP contribution < -0.4 is 0 Å². The lowest BCUT2D eigenvalue weighted by Crippen LogP contribution is -2.00. The molecular weight excluding hydrogens is 228 g/mol. The quantitative estimate of drug-likeness (QED) is 0.429. The summed E-state index contributed by atoms with van der Waals surface area (Å²) in [4.78, 5) is 1.34. The molecule has 0 aliphatic heterocycles. The average molecular weight is 245 g/mol. The second-order valence-corrected chi connectivity index (χ2v) is 4.93. The molecule has 1 rings (SSSR count). The molecule has 0 amide bonds. The summed E-state index contributed by atoms with van der Waals surface area (Å²) in [6, 6.07) is 6.54. The maximum Gasteiger partial charge on any atom is 0.0602 e. The summed E-state index contributed by atoms with van der Waals surface area (Å²) in [7, 11) is 0. The SMILES string of the molecule is Cc1ccc(SCCOCCCl)c(C)c1. The van der Waals surface area contributed by atoms with E-state index in [0.29, 0.717) is 12.5 Å². The van der Waals surface area contributed by atoms with E-state index in [9.17, 15) is 0 Å². The summed E-state index contributed by atoms with van der Waals surface area (Å²) in [5.41, 5.74) is 2.66. The van der Waals surface area contributed by atoms with E-state index in [4.69, 9.17) is 16.3 Å². The number of halogens is 1. The van der Waals surface area contributed by atoms with Crippen molar-refractivity contribution in [3.8, 4) is 0 Å². The molecule has 0 heterocycles. The summed E-state index contributed by atoms with van der Waals surface area (Å²) in [6.45, 7) is 5.68. The third-order valence-corrected chi connectivity index (χ3v) is 3.33. The van der Waals surface area contributed by atoms with Gasteiger partial charge in [-0.05, 0) is 25.5 Å². The van der Waals surface area contributed by atoms with Gasteiger partial charge in [-0.25, -0.2) is 0 Å². The Morgan fingerprint density at radius 3 is 2.73 bits per heavy atom. The van der Waals surface area contributed by atoms with Crippen molar-refractivity contribution in [2.45, 2.75) is 18.7 Å². The highest BCUT2D eigenvalue weighted by molar-refractivity contribution is 7.99. The van der Waals surface area contributed by atoms with E-state index in [1.807, 2.05) is 11.8 Å². The lowest BCUT2D eigenvalue weighted by atomic mass is 10.2. The third kappa shape index (κ3) is 4.92. The molecule has 1 nitrogen and oxygen atoms in total. The summed E-state index contributed by atoms with van der Waals surface area (Å²) < 4.78 is 5.32. The zero-order valence-corrected chi connectivity index (χ0v) is 10.8. The third-order valence-electron chi connectivity index (χ3n) is 2.04. The van der Waals surface area contributed by atoms with Crippen molar-refractivity contribution in [2.24, 2.45) is 0 Å². The molecule has 0 radical (unpaired) electrons. The van der Waals surface area contributed by atoms with Crippen molar-refractivity contribution in [3.63, 3.8) is 0 Å². The smallest absolute Gasteiger partial charge is 0.0602 e. The van der Waals surface area contributed by atoms with Gasteiger partial charge in [0.15, 0.2) is 0 Å². The molecule has 15 heavy (non-hydrogen) atoms. The fourth-order valence-electron chi connectivity index (χ4n) is 1.33. The molecule has 0 aromatic heterocycles. The second-order valence-electron chi connectivity index (χ2n) is 3.42. The summed E-state index contributed by atoms with van der Waals surface area (Å²) in [5, 5.41) is 0. The molecule has 3 heteroatoms. The van der Waals surface area contributed by atoms with E-state index in [2.05, 4.69) is 32.0 Å². The molecule has 0 unspecified atom stereocenters. The van der Waals surface area contributed by atoms with Crippen molar-refractivity contribution in [2.75, 3.05) is 24.8 Å². The Labute approximate surface area is 101 Å². The van der Waals surface area contributed by atoms with Crippen LogP contribution in [0.15, 0.2) is 23.1 Å². The average Bonchev–Trinajstić information content (AvgIpc) is 2.20. The van der Waals surface area contributed by atoms with Crippen molar-refractivity contribution in [3.05, 3.63) is 29.3 Å². The maximum absolute atomic E-state index is 5.51. The molecule has 0 aliphatic carbocycles. The van der Waals surface area contributed by atoms with Gasteiger partial charge < -0.3 is 4.74 Å². The van der Waals surface area contributed by atoms with Crippen LogP contribution in [0.2, 0.25) is 0 Å². The summed E-state index contributed by atoms with van der Waals surface area (Å²) >= 11 is 7.35.